The fourth-order valence-electron chi connectivity index (χ4n) is 2.05. The number of aliphatic imine (C=N–C) groups is 2. The van der Waals surface area contributed by atoms with Crippen LogP contribution in [0.5, 0.6) is 0 Å². The van der Waals surface area contributed by atoms with E-state index in [9.17, 15) is 29.4 Å². The summed E-state index contributed by atoms with van der Waals surface area (Å²) < 4.78 is 4.36. The number of rotatable bonds is 8. The molecular formula is C22H20N4O7-2. The highest BCUT2D eigenvalue weighted by Crippen LogP contribution is 2.11. The standard InChI is InChI=1S/2C9H8N2O3.C4H6O/c2*12-6-10-5-7-2-1-3-8(4-7)11-9(13)14;1-3-5-4-2/h2*1-4,11H,5H2,(H,13,14);3-4H,1-2H2/p-2. The second kappa shape index (κ2) is 17.8. The predicted molar refractivity (Wildman–Crippen MR) is 116 cm³/mol. The highest BCUT2D eigenvalue weighted by atomic mass is 16.5. The van der Waals surface area contributed by atoms with Crippen LogP contribution < -0.4 is 20.8 Å². The van der Waals surface area contributed by atoms with Gasteiger partial charge in [0.25, 0.3) is 0 Å². The minimum Gasteiger partial charge on any atom is -0.530 e. The number of nitrogens with zero attached hydrogens (tertiary/aromatic N) is 2. The van der Waals surface area contributed by atoms with E-state index in [0.717, 1.165) is 11.1 Å². The van der Waals surface area contributed by atoms with E-state index in [1.807, 2.05) is 0 Å². The van der Waals surface area contributed by atoms with E-state index < -0.39 is 12.2 Å². The van der Waals surface area contributed by atoms with Crippen LogP contribution in [0.4, 0.5) is 21.0 Å². The number of benzene rings is 2. The number of ether oxygens (including phenoxy) is 1. The first-order valence-electron chi connectivity index (χ1n) is 8.94. The van der Waals surface area contributed by atoms with E-state index >= 15 is 0 Å². The van der Waals surface area contributed by atoms with Crippen molar-refractivity contribution >= 4 is 35.7 Å². The quantitative estimate of drug-likeness (QED) is 0.349. The van der Waals surface area contributed by atoms with Gasteiger partial charge in [-0.1, -0.05) is 37.4 Å². The van der Waals surface area contributed by atoms with E-state index in [1.54, 1.807) is 48.5 Å². The Kier molecular flexibility index (Phi) is 15.1. The van der Waals surface area contributed by atoms with Crippen LogP contribution in [0.15, 0.2) is 84.2 Å². The van der Waals surface area contributed by atoms with E-state index in [4.69, 9.17) is 0 Å². The molecule has 0 unspecified atom stereocenters. The molecule has 2 amide bonds. The number of carboxylic acid groups (broad SMARTS) is 2. The molecule has 0 atom stereocenters. The summed E-state index contributed by atoms with van der Waals surface area (Å²) in [5, 5.41) is 24.5. The van der Waals surface area contributed by atoms with Gasteiger partial charge < -0.3 is 35.2 Å². The molecule has 0 spiro atoms. The maximum atomic E-state index is 10.2. The second-order valence-corrected chi connectivity index (χ2v) is 5.51. The SMILES string of the molecule is C=COC=C.O=C=NCc1cccc(NC(=O)[O-])c1.O=C=NCc1cccc(NC(=O)[O-])c1. The molecule has 2 aromatic carbocycles. The summed E-state index contributed by atoms with van der Waals surface area (Å²) in [6, 6.07) is 13.0. The lowest BCUT2D eigenvalue weighted by atomic mass is 10.2. The lowest BCUT2D eigenvalue weighted by Crippen LogP contribution is -2.28. The molecule has 0 saturated heterocycles. The number of nitrogens with one attached hydrogen (secondary N) is 2. The van der Waals surface area contributed by atoms with Crippen molar-refractivity contribution in [3.8, 4) is 0 Å². The van der Waals surface area contributed by atoms with Crippen molar-refractivity contribution < 1.29 is 34.1 Å². The van der Waals surface area contributed by atoms with Gasteiger partial charge in [0.15, 0.2) is 0 Å². The molecule has 0 radical (unpaired) electrons. The van der Waals surface area contributed by atoms with Crippen molar-refractivity contribution in [1.29, 1.82) is 0 Å². The zero-order valence-corrected chi connectivity index (χ0v) is 17.4. The van der Waals surface area contributed by atoms with E-state index in [1.165, 1.54) is 24.7 Å². The van der Waals surface area contributed by atoms with Crippen LogP contribution in [-0.2, 0) is 27.4 Å². The molecule has 0 aliphatic heterocycles. The van der Waals surface area contributed by atoms with Crippen molar-refractivity contribution in [3.05, 3.63) is 85.3 Å². The van der Waals surface area contributed by atoms with Crippen LogP contribution in [0, 0.1) is 0 Å². The lowest BCUT2D eigenvalue weighted by molar-refractivity contribution is -0.243. The number of anilines is 2. The molecule has 0 fully saturated rings. The van der Waals surface area contributed by atoms with Gasteiger partial charge in [-0.05, 0) is 35.4 Å². The zero-order valence-electron chi connectivity index (χ0n) is 17.4. The molecule has 0 aromatic heterocycles. The van der Waals surface area contributed by atoms with Crippen LogP contribution in [0.3, 0.4) is 0 Å². The number of carbonyl (C=O) groups is 2. The van der Waals surface area contributed by atoms with Gasteiger partial charge in [-0.25, -0.2) is 19.6 Å². The molecule has 2 aromatic rings. The van der Waals surface area contributed by atoms with Crippen molar-refractivity contribution in [2.75, 3.05) is 10.6 Å². The molecule has 0 bridgehead atoms. The topological polar surface area (TPSA) is 172 Å². The Bertz CT molecular complexity index is 907. The van der Waals surface area contributed by atoms with E-state index in [-0.39, 0.29) is 13.1 Å². The minimum atomic E-state index is -1.37. The van der Waals surface area contributed by atoms with Gasteiger partial charge in [-0.2, -0.15) is 0 Å². The molecule has 11 nitrogen and oxygen atoms in total. The lowest BCUT2D eigenvalue weighted by Gasteiger charge is -2.06. The summed E-state index contributed by atoms with van der Waals surface area (Å²) in [6.45, 7) is 6.89. The summed E-state index contributed by atoms with van der Waals surface area (Å²) in [4.78, 5) is 46.8. The summed E-state index contributed by atoms with van der Waals surface area (Å²) in [7, 11) is 0. The molecule has 0 saturated carbocycles. The van der Waals surface area contributed by atoms with Crippen LogP contribution in [0.25, 0.3) is 0 Å². The van der Waals surface area contributed by atoms with Crippen LogP contribution in [0.2, 0.25) is 0 Å². The molecular weight excluding hydrogens is 432 g/mol. The van der Waals surface area contributed by atoms with Crippen molar-refractivity contribution in [2.45, 2.75) is 13.1 Å². The third-order valence-corrected chi connectivity index (χ3v) is 3.19. The van der Waals surface area contributed by atoms with Gasteiger partial charge in [0.2, 0.25) is 12.2 Å². The van der Waals surface area contributed by atoms with Crippen LogP contribution in [-0.4, -0.2) is 24.3 Å². The maximum Gasteiger partial charge on any atom is 0.235 e. The Morgan fingerprint density at radius 1 is 0.848 bits per heavy atom. The normalized spacial score (nSPS) is 8.36. The minimum absolute atomic E-state index is 0.187. The summed E-state index contributed by atoms with van der Waals surface area (Å²) >= 11 is 0. The van der Waals surface area contributed by atoms with E-state index in [2.05, 4.69) is 38.5 Å². The maximum absolute atomic E-state index is 10.2. The van der Waals surface area contributed by atoms with Gasteiger partial charge in [-0.15, -0.1) is 0 Å². The fourth-order valence-corrected chi connectivity index (χ4v) is 2.05. The first kappa shape index (κ1) is 28.0. The molecule has 2 rings (SSSR count). The molecule has 0 heterocycles. The smallest absolute Gasteiger partial charge is 0.235 e. The molecule has 2 N–H and O–H groups in total. The van der Waals surface area contributed by atoms with E-state index in [0.29, 0.717) is 11.4 Å². The molecule has 11 heteroatoms. The first-order valence-corrected chi connectivity index (χ1v) is 8.94. The number of amides is 2. The third kappa shape index (κ3) is 15.5. The summed E-state index contributed by atoms with van der Waals surface area (Å²) in [6.07, 6.45) is 2.68. The average Bonchev–Trinajstić information content (AvgIpc) is 2.77. The fraction of sp³-hybridized carbons (Fsp3) is 0.0909. The highest BCUT2D eigenvalue weighted by molar-refractivity contribution is 5.81. The predicted octanol–water partition coefficient (Wildman–Crippen LogP) is 1.85. The Hall–Kier alpha value is -4.98. The Labute approximate surface area is 189 Å². The van der Waals surface area contributed by atoms with Gasteiger partial charge in [0.1, 0.15) is 12.2 Å². The number of hydrogen-bond donors (Lipinski definition) is 2. The van der Waals surface area contributed by atoms with Crippen molar-refractivity contribution in [3.63, 3.8) is 0 Å². The highest BCUT2D eigenvalue weighted by Gasteiger charge is 1.95. The van der Waals surface area contributed by atoms with Gasteiger partial charge >= 0.3 is 0 Å². The Morgan fingerprint density at radius 3 is 1.52 bits per heavy atom. The number of hydrogen-bond acceptors (Lipinski definition) is 9. The second-order valence-electron chi connectivity index (χ2n) is 5.51. The third-order valence-electron chi connectivity index (χ3n) is 3.19. The zero-order chi connectivity index (χ0) is 24.9. The first-order chi connectivity index (χ1) is 15.9. The monoisotopic (exact) mass is 452 g/mol. The molecule has 172 valence electrons. The van der Waals surface area contributed by atoms with Gasteiger partial charge in [0.05, 0.1) is 25.6 Å². The molecule has 0 aliphatic rings. The molecule has 0 aliphatic carbocycles. The Morgan fingerprint density at radius 2 is 1.24 bits per heavy atom. The summed E-state index contributed by atoms with van der Waals surface area (Å²) in [5.41, 5.74) is 2.23. The Balaban J connectivity index is 0.000000517. The largest absolute Gasteiger partial charge is 0.530 e. The van der Waals surface area contributed by atoms with Crippen molar-refractivity contribution in [1.82, 2.24) is 0 Å². The van der Waals surface area contributed by atoms with Crippen molar-refractivity contribution in [2.24, 2.45) is 9.98 Å². The summed E-state index contributed by atoms with van der Waals surface area (Å²) in [5.74, 6) is 0. The average molecular weight is 452 g/mol. The van der Waals surface area contributed by atoms with Gasteiger partial charge in [-0.3, -0.25) is 0 Å². The number of isocyanates is 2. The molecule has 33 heavy (non-hydrogen) atoms. The van der Waals surface area contributed by atoms with Crippen LogP contribution >= 0.6 is 0 Å². The van der Waals surface area contributed by atoms with Crippen LogP contribution in [0.1, 0.15) is 11.1 Å². The van der Waals surface area contributed by atoms with Gasteiger partial charge in [0, 0.05) is 11.4 Å². The number of carbonyl (C=O) groups excluding carboxylic acids is 4.